The van der Waals surface area contributed by atoms with Gasteiger partial charge in [-0.15, -0.1) is 0 Å². The molecule has 0 fully saturated rings. The van der Waals surface area contributed by atoms with Crippen molar-refractivity contribution in [1.29, 1.82) is 0 Å². The van der Waals surface area contributed by atoms with Crippen LogP contribution in [0.1, 0.15) is 17.3 Å². The van der Waals surface area contributed by atoms with Gasteiger partial charge in [0.15, 0.2) is 0 Å². The Hall–Kier alpha value is -3.55. The van der Waals surface area contributed by atoms with E-state index in [1.165, 1.54) is 7.11 Å². The molecular weight excluding hydrogens is 475 g/mol. The summed E-state index contributed by atoms with van der Waals surface area (Å²) in [6.07, 6.45) is 3.39. The number of benzene rings is 2. The molecule has 0 aliphatic rings. The number of primary amides is 1. The van der Waals surface area contributed by atoms with Crippen LogP contribution < -0.4 is 29.0 Å². The van der Waals surface area contributed by atoms with Crippen molar-refractivity contribution in [3.05, 3.63) is 60.4 Å². The van der Waals surface area contributed by atoms with E-state index in [2.05, 4.69) is 16.0 Å². The van der Waals surface area contributed by atoms with Crippen molar-refractivity contribution in [1.82, 2.24) is 14.5 Å². The molecule has 1 amide bonds. The van der Waals surface area contributed by atoms with Crippen LogP contribution in [-0.4, -0.2) is 56.2 Å². The molecule has 8 nitrogen and oxygen atoms in total. The van der Waals surface area contributed by atoms with Crippen LogP contribution >= 0.6 is 0 Å². The van der Waals surface area contributed by atoms with Gasteiger partial charge in [-0.05, 0) is 0 Å². The summed E-state index contributed by atoms with van der Waals surface area (Å²) in [5.41, 5.74) is 7.00. The zero-order valence-corrected chi connectivity index (χ0v) is 19.6. The number of carbonyl (C=O) groups excluding carboxylic acids is 1. The molecule has 32 heavy (non-hydrogen) atoms. The van der Waals surface area contributed by atoms with Gasteiger partial charge < -0.3 is 0 Å². The molecule has 0 spiro atoms. The molecule has 0 aliphatic carbocycles. The van der Waals surface area contributed by atoms with Crippen molar-refractivity contribution >= 4 is 40.8 Å². The van der Waals surface area contributed by atoms with E-state index < -0.39 is 5.91 Å². The van der Waals surface area contributed by atoms with E-state index in [4.69, 9.17) is 19.9 Å². The third-order valence-electron chi connectivity index (χ3n) is 4.77. The van der Waals surface area contributed by atoms with Crippen LogP contribution in [0.5, 0.6) is 17.2 Å². The third kappa shape index (κ3) is 4.12. The molecule has 0 bridgehead atoms. The zero-order valence-electron chi connectivity index (χ0n) is 17.9. The van der Waals surface area contributed by atoms with Crippen LogP contribution in [0.3, 0.4) is 0 Å². The first-order valence-electron chi connectivity index (χ1n) is 9.85. The predicted octanol–water partition coefficient (Wildman–Crippen LogP) is 1.59. The first kappa shape index (κ1) is 21.7. The van der Waals surface area contributed by atoms with Gasteiger partial charge >= 0.3 is 191 Å². The Morgan fingerprint density at radius 1 is 1.06 bits per heavy atom. The van der Waals surface area contributed by atoms with Crippen LogP contribution in [0.15, 0.2) is 54.9 Å². The number of nitrogens with zero attached hydrogens (tertiary/aromatic N) is 3. The maximum absolute atomic E-state index is 12.2. The molecule has 4 rings (SSSR count). The van der Waals surface area contributed by atoms with E-state index in [9.17, 15) is 4.79 Å². The Kier molecular flexibility index (Phi) is 6.30. The fourth-order valence-corrected chi connectivity index (χ4v) is 5.70. The number of nitrogens with two attached hydrogens (primary N) is 1. The van der Waals surface area contributed by atoms with Crippen LogP contribution in [-0.2, 0) is 0 Å². The molecule has 2 heterocycles. The number of hydrogen-bond donors (Lipinski definition) is 1. The number of hydrogen-bond acceptors (Lipinski definition) is 6. The summed E-state index contributed by atoms with van der Waals surface area (Å²) in [4.78, 5) is 21.1. The van der Waals surface area contributed by atoms with E-state index in [0.717, 1.165) is 25.7 Å². The van der Waals surface area contributed by atoms with Crippen molar-refractivity contribution in [2.45, 2.75) is 6.92 Å². The molecule has 4 aromatic rings. The predicted molar refractivity (Wildman–Crippen MR) is 123 cm³/mol. The van der Waals surface area contributed by atoms with E-state index in [1.807, 2.05) is 29.7 Å². The summed E-state index contributed by atoms with van der Waals surface area (Å²) in [6, 6.07) is 13.2. The fraction of sp³-hybridized carbons (Fsp3) is 0.174. The Morgan fingerprint density at radius 3 is 2.44 bits per heavy atom. The quantitative estimate of drug-likeness (QED) is 0.371. The second-order valence-corrected chi connectivity index (χ2v) is 8.92. The molecule has 0 atom stereocenters. The molecule has 0 saturated heterocycles. The van der Waals surface area contributed by atoms with Gasteiger partial charge in [-0.2, -0.15) is 0 Å². The first-order valence-corrected chi connectivity index (χ1v) is 11.6. The number of rotatable bonds is 8. The Bertz CT molecular complexity index is 1270. The Labute approximate surface area is 191 Å². The van der Waals surface area contributed by atoms with E-state index in [1.54, 1.807) is 37.7 Å². The summed E-state index contributed by atoms with van der Waals surface area (Å²) in [7, 11) is 3.08. The van der Waals surface area contributed by atoms with Gasteiger partial charge in [-0.3, -0.25) is 0 Å². The standard InChI is InChI=1S/C23H22N4O4Se/c1-4-31-15-7-6-14-10-21(27(17(14)11-15)23-25-8-5-9-26-23)32-20-13-19(30-3)18(29-2)12-16(20)22(24)28/h5-13H,4H2,1-3H3,(H2,24,28). The van der Waals surface area contributed by atoms with Gasteiger partial charge in [0, 0.05) is 0 Å². The molecule has 2 aromatic heterocycles. The van der Waals surface area contributed by atoms with Gasteiger partial charge in [0.1, 0.15) is 0 Å². The Morgan fingerprint density at radius 2 is 1.78 bits per heavy atom. The summed E-state index contributed by atoms with van der Waals surface area (Å²) < 4.78 is 20.2. The van der Waals surface area contributed by atoms with Crippen molar-refractivity contribution in [3.63, 3.8) is 0 Å². The van der Waals surface area contributed by atoms with E-state index >= 15 is 0 Å². The summed E-state index contributed by atoms with van der Waals surface area (Å²) in [6.45, 7) is 2.51. The molecule has 2 N–H and O–H groups in total. The van der Waals surface area contributed by atoms with E-state index in [-0.39, 0.29) is 15.0 Å². The van der Waals surface area contributed by atoms with Crippen LogP contribution in [0.25, 0.3) is 16.9 Å². The first-order chi connectivity index (χ1) is 15.5. The molecule has 9 heteroatoms. The molecule has 0 aliphatic heterocycles. The molecule has 0 unspecified atom stereocenters. The summed E-state index contributed by atoms with van der Waals surface area (Å²) in [5, 5.41) is 1.01. The normalized spacial score (nSPS) is 10.8. The minimum absolute atomic E-state index is 0.325. The average molecular weight is 497 g/mol. The molecule has 0 radical (unpaired) electrons. The fourth-order valence-electron chi connectivity index (χ4n) is 3.35. The number of methoxy groups -OCH3 is 2. The molecular formula is C23H22N4O4Se. The molecule has 0 saturated carbocycles. The van der Waals surface area contributed by atoms with Crippen molar-refractivity contribution in [2.75, 3.05) is 20.8 Å². The van der Waals surface area contributed by atoms with Gasteiger partial charge in [0.05, 0.1) is 0 Å². The van der Waals surface area contributed by atoms with Gasteiger partial charge in [-0.25, -0.2) is 0 Å². The van der Waals surface area contributed by atoms with Gasteiger partial charge in [-0.1, -0.05) is 0 Å². The summed E-state index contributed by atoms with van der Waals surface area (Å²) in [5.74, 6) is 1.76. The van der Waals surface area contributed by atoms with E-state index in [0.29, 0.717) is 29.6 Å². The van der Waals surface area contributed by atoms with Crippen molar-refractivity contribution in [3.8, 4) is 23.2 Å². The third-order valence-corrected chi connectivity index (χ3v) is 7.01. The number of amides is 1. The van der Waals surface area contributed by atoms with Gasteiger partial charge in [0.25, 0.3) is 0 Å². The van der Waals surface area contributed by atoms with Crippen molar-refractivity contribution in [2.24, 2.45) is 5.73 Å². The SMILES string of the molecule is CCOc1ccc2cc([Se]c3cc(OC)c(OC)cc3C(N)=O)n(-c3ncccn3)c2c1. The van der Waals surface area contributed by atoms with Crippen molar-refractivity contribution < 1.29 is 19.0 Å². The Balaban J connectivity index is 1.91. The zero-order chi connectivity index (χ0) is 22.7. The minimum atomic E-state index is -0.528. The topological polar surface area (TPSA) is 101 Å². The number of aromatic nitrogens is 3. The number of carbonyl (C=O) groups is 1. The van der Waals surface area contributed by atoms with Gasteiger partial charge in [0.2, 0.25) is 0 Å². The monoisotopic (exact) mass is 498 g/mol. The number of fused-ring (bicyclic) bond motifs is 1. The second-order valence-electron chi connectivity index (χ2n) is 6.69. The van der Waals surface area contributed by atoms with Crippen LogP contribution in [0.4, 0.5) is 0 Å². The molecule has 164 valence electrons. The van der Waals surface area contributed by atoms with Crippen LogP contribution in [0, 0.1) is 0 Å². The number of ether oxygens (including phenoxy) is 3. The maximum atomic E-state index is 12.2. The summed E-state index contributed by atoms with van der Waals surface area (Å²) >= 11 is -0.325. The van der Waals surface area contributed by atoms with Crippen LogP contribution in [0.2, 0.25) is 0 Å². The molecule has 2 aromatic carbocycles. The average Bonchev–Trinajstić information content (AvgIpc) is 3.16. The second kappa shape index (κ2) is 9.30.